The monoisotopic (exact) mass is 370 g/mol. The third kappa shape index (κ3) is 3.92. The van der Waals surface area contributed by atoms with Crippen LogP contribution in [0.2, 0.25) is 0 Å². The van der Waals surface area contributed by atoms with Crippen LogP contribution in [0.4, 0.5) is 0 Å². The predicted molar refractivity (Wildman–Crippen MR) is 106 cm³/mol. The van der Waals surface area contributed by atoms with Gasteiger partial charge < -0.3 is 15.4 Å². The SMILES string of the molecule is NC(=NCC(c1ccccc1)N1CCc2sccc2C1)N1CCOCC1. The van der Waals surface area contributed by atoms with Crippen LogP contribution in [-0.4, -0.2) is 55.2 Å². The number of hydrogen-bond donors (Lipinski definition) is 1. The fraction of sp³-hybridized carbons (Fsp3) is 0.450. The Morgan fingerprint density at radius 1 is 1.15 bits per heavy atom. The quantitative estimate of drug-likeness (QED) is 0.664. The van der Waals surface area contributed by atoms with Crippen LogP contribution in [0.3, 0.4) is 0 Å². The summed E-state index contributed by atoms with van der Waals surface area (Å²) in [7, 11) is 0. The Morgan fingerprint density at radius 3 is 2.77 bits per heavy atom. The zero-order valence-electron chi connectivity index (χ0n) is 15.0. The summed E-state index contributed by atoms with van der Waals surface area (Å²) in [5, 5.41) is 2.21. The molecule has 1 saturated heterocycles. The van der Waals surface area contributed by atoms with E-state index < -0.39 is 0 Å². The molecule has 6 heteroatoms. The summed E-state index contributed by atoms with van der Waals surface area (Å²) >= 11 is 1.88. The largest absolute Gasteiger partial charge is 0.378 e. The molecule has 3 heterocycles. The highest BCUT2D eigenvalue weighted by Crippen LogP contribution is 2.30. The van der Waals surface area contributed by atoms with Crippen LogP contribution in [0.15, 0.2) is 46.8 Å². The lowest BCUT2D eigenvalue weighted by atomic mass is 10.0. The molecule has 0 spiro atoms. The highest BCUT2D eigenvalue weighted by molar-refractivity contribution is 7.10. The number of hydrogen-bond acceptors (Lipinski definition) is 4. The van der Waals surface area contributed by atoms with E-state index in [4.69, 9.17) is 15.5 Å². The van der Waals surface area contributed by atoms with Gasteiger partial charge in [-0.1, -0.05) is 30.3 Å². The van der Waals surface area contributed by atoms with Gasteiger partial charge in [-0.25, -0.2) is 0 Å². The molecule has 1 unspecified atom stereocenters. The van der Waals surface area contributed by atoms with E-state index in [-0.39, 0.29) is 6.04 Å². The molecule has 1 atom stereocenters. The van der Waals surface area contributed by atoms with E-state index in [1.165, 1.54) is 16.0 Å². The Kier molecular flexibility index (Phi) is 5.53. The van der Waals surface area contributed by atoms with E-state index >= 15 is 0 Å². The molecular weight excluding hydrogens is 344 g/mol. The molecule has 138 valence electrons. The van der Waals surface area contributed by atoms with Crippen LogP contribution < -0.4 is 5.73 Å². The summed E-state index contributed by atoms with van der Waals surface area (Å²) < 4.78 is 5.41. The van der Waals surface area contributed by atoms with Gasteiger partial charge in [0.1, 0.15) is 0 Å². The lowest BCUT2D eigenvalue weighted by Crippen LogP contribution is -2.45. The second-order valence-corrected chi connectivity index (χ2v) is 7.81. The van der Waals surface area contributed by atoms with Crippen molar-refractivity contribution in [3.63, 3.8) is 0 Å². The van der Waals surface area contributed by atoms with Gasteiger partial charge in [-0.3, -0.25) is 9.89 Å². The number of benzene rings is 1. The third-order valence-electron chi connectivity index (χ3n) is 5.22. The minimum absolute atomic E-state index is 0.254. The Balaban J connectivity index is 1.52. The Hall–Kier alpha value is -1.89. The molecule has 0 radical (unpaired) electrons. The smallest absolute Gasteiger partial charge is 0.191 e. The van der Waals surface area contributed by atoms with Gasteiger partial charge in [0.2, 0.25) is 0 Å². The third-order valence-corrected chi connectivity index (χ3v) is 6.25. The molecule has 2 aliphatic rings. The topological polar surface area (TPSA) is 54.1 Å². The maximum absolute atomic E-state index is 6.27. The summed E-state index contributed by atoms with van der Waals surface area (Å²) in [4.78, 5) is 11.0. The van der Waals surface area contributed by atoms with Crippen molar-refractivity contribution in [3.8, 4) is 0 Å². The number of ether oxygens (including phenoxy) is 1. The van der Waals surface area contributed by atoms with E-state index in [1.54, 1.807) is 0 Å². The lowest BCUT2D eigenvalue weighted by molar-refractivity contribution is 0.0673. The number of morpholine rings is 1. The van der Waals surface area contributed by atoms with Gasteiger partial charge >= 0.3 is 0 Å². The zero-order valence-corrected chi connectivity index (χ0v) is 15.8. The van der Waals surface area contributed by atoms with E-state index in [9.17, 15) is 0 Å². The Labute approximate surface area is 159 Å². The van der Waals surface area contributed by atoms with Gasteiger partial charge in [-0.05, 0) is 29.0 Å². The molecular formula is C20H26N4OS. The number of nitrogens with zero attached hydrogens (tertiary/aromatic N) is 3. The van der Waals surface area contributed by atoms with E-state index in [0.29, 0.717) is 12.5 Å². The maximum Gasteiger partial charge on any atom is 0.191 e. The maximum atomic E-state index is 6.27. The fourth-order valence-corrected chi connectivity index (χ4v) is 4.61. The molecule has 0 aliphatic carbocycles. The first-order chi connectivity index (χ1) is 12.8. The molecule has 1 aromatic heterocycles. The second kappa shape index (κ2) is 8.20. The van der Waals surface area contributed by atoms with Crippen molar-refractivity contribution in [2.75, 3.05) is 39.4 Å². The van der Waals surface area contributed by atoms with Crippen LogP contribution in [-0.2, 0) is 17.7 Å². The lowest BCUT2D eigenvalue weighted by Gasteiger charge is -2.34. The van der Waals surface area contributed by atoms with Gasteiger partial charge in [0.05, 0.1) is 25.8 Å². The predicted octanol–water partition coefficient (Wildman–Crippen LogP) is 2.49. The fourth-order valence-electron chi connectivity index (χ4n) is 3.72. The molecule has 1 aromatic carbocycles. The van der Waals surface area contributed by atoms with Crippen LogP contribution in [0.5, 0.6) is 0 Å². The highest BCUT2D eigenvalue weighted by Gasteiger charge is 2.25. The minimum atomic E-state index is 0.254. The standard InChI is InChI=1S/C20H26N4OS/c21-20(23-9-11-25-12-10-23)22-14-18(16-4-2-1-3-5-16)24-8-6-19-17(15-24)7-13-26-19/h1-5,7,13,18H,6,8-12,14-15H2,(H2,21,22). The first kappa shape index (κ1) is 17.5. The summed E-state index contributed by atoms with van der Waals surface area (Å²) in [5.41, 5.74) is 9.04. The average Bonchev–Trinajstić information content (AvgIpc) is 3.17. The number of rotatable bonds is 4. The number of thiophene rings is 1. The van der Waals surface area contributed by atoms with Crippen molar-refractivity contribution in [2.45, 2.75) is 19.0 Å². The van der Waals surface area contributed by atoms with Crippen molar-refractivity contribution < 1.29 is 4.74 Å². The van der Waals surface area contributed by atoms with Crippen LogP contribution in [0.25, 0.3) is 0 Å². The van der Waals surface area contributed by atoms with E-state index in [1.807, 2.05) is 11.3 Å². The first-order valence-electron chi connectivity index (χ1n) is 9.28. The number of nitrogens with two attached hydrogens (primary N) is 1. The van der Waals surface area contributed by atoms with Crippen molar-refractivity contribution in [2.24, 2.45) is 10.7 Å². The summed E-state index contributed by atoms with van der Waals surface area (Å²) in [6.45, 7) is 5.86. The summed E-state index contributed by atoms with van der Waals surface area (Å²) in [6.07, 6.45) is 1.12. The normalized spacial score (nSPS) is 20.0. The number of aliphatic imine (C=N–C) groups is 1. The van der Waals surface area contributed by atoms with Gasteiger partial charge in [0, 0.05) is 31.1 Å². The van der Waals surface area contributed by atoms with Crippen LogP contribution in [0, 0.1) is 0 Å². The Morgan fingerprint density at radius 2 is 1.96 bits per heavy atom. The Bertz CT molecular complexity index is 739. The van der Waals surface area contributed by atoms with Crippen molar-refractivity contribution in [1.82, 2.24) is 9.80 Å². The van der Waals surface area contributed by atoms with Gasteiger partial charge in [-0.2, -0.15) is 0 Å². The summed E-state index contributed by atoms with van der Waals surface area (Å²) in [5.74, 6) is 0.641. The highest BCUT2D eigenvalue weighted by atomic mass is 32.1. The second-order valence-electron chi connectivity index (χ2n) is 6.81. The molecule has 1 fully saturated rings. The molecule has 4 rings (SSSR count). The molecule has 0 amide bonds. The van der Waals surface area contributed by atoms with Crippen LogP contribution in [0.1, 0.15) is 22.0 Å². The van der Waals surface area contributed by atoms with Crippen molar-refractivity contribution in [3.05, 3.63) is 57.8 Å². The molecule has 2 aromatic rings. The molecule has 5 nitrogen and oxygen atoms in total. The van der Waals surface area contributed by atoms with Crippen molar-refractivity contribution in [1.29, 1.82) is 0 Å². The molecule has 2 aliphatic heterocycles. The molecule has 2 N–H and O–H groups in total. The molecule has 0 saturated carbocycles. The number of fused-ring (bicyclic) bond motifs is 1. The van der Waals surface area contributed by atoms with E-state index in [0.717, 1.165) is 45.8 Å². The van der Waals surface area contributed by atoms with Gasteiger partial charge in [0.15, 0.2) is 5.96 Å². The zero-order chi connectivity index (χ0) is 17.8. The van der Waals surface area contributed by atoms with E-state index in [2.05, 4.69) is 51.6 Å². The molecule has 0 bridgehead atoms. The molecule has 26 heavy (non-hydrogen) atoms. The van der Waals surface area contributed by atoms with Crippen LogP contribution >= 0.6 is 11.3 Å². The van der Waals surface area contributed by atoms with Gasteiger partial charge in [-0.15, -0.1) is 11.3 Å². The number of guanidine groups is 1. The van der Waals surface area contributed by atoms with Gasteiger partial charge in [0.25, 0.3) is 0 Å². The first-order valence-corrected chi connectivity index (χ1v) is 10.2. The average molecular weight is 371 g/mol. The minimum Gasteiger partial charge on any atom is -0.378 e. The van der Waals surface area contributed by atoms with Crippen molar-refractivity contribution >= 4 is 17.3 Å². The summed E-state index contributed by atoms with van der Waals surface area (Å²) in [6, 6.07) is 13.2.